The van der Waals surface area contributed by atoms with Crippen molar-refractivity contribution in [1.29, 1.82) is 0 Å². The minimum absolute atomic E-state index is 0.0284. The third-order valence-electron chi connectivity index (χ3n) is 5.36. The van der Waals surface area contributed by atoms with Crippen LogP contribution < -0.4 is 15.4 Å². The lowest BCUT2D eigenvalue weighted by atomic mass is 10.1. The number of pyridine rings is 1. The summed E-state index contributed by atoms with van der Waals surface area (Å²) < 4.78 is 77.2. The summed E-state index contributed by atoms with van der Waals surface area (Å²) in [6, 6.07) is 2.06. The zero-order valence-electron chi connectivity index (χ0n) is 17.7. The van der Waals surface area contributed by atoms with E-state index in [1.165, 1.54) is 10.4 Å². The van der Waals surface area contributed by atoms with E-state index < -0.39 is 27.9 Å². The Morgan fingerprint density at radius 1 is 1.18 bits per heavy atom. The van der Waals surface area contributed by atoms with Gasteiger partial charge in [-0.15, -0.1) is 0 Å². The van der Waals surface area contributed by atoms with Crippen LogP contribution in [0.4, 0.5) is 24.9 Å². The number of nitrogen functional groups attached to an aromatic ring is 1. The van der Waals surface area contributed by atoms with Crippen LogP contribution in [-0.4, -0.2) is 79.4 Å². The molecule has 0 spiro atoms. The maximum Gasteiger partial charge on any atom is 0.417 e. The molecular weight excluding hydrogens is 465 g/mol. The van der Waals surface area contributed by atoms with E-state index in [0.717, 1.165) is 18.5 Å². The highest BCUT2D eigenvalue weighted by atomic mass is 32.2. The van der Waals surface area contributed by atoms with Crippen molar-refractivity contribution in [2.24, 2.45) is 0 Å². The summed E-state index contributed by atoms with van der Waals surface area (Å²) in [4.78, 5) is 14.3. The SMILES string of the molecule is CS(=O)(=O)N1CC[C@H](Oc2cc(-c3cnc(N)cc3C(F)(F)F)nc(N3CCOCC3)n2)C1. The molecule has 2 saturated heterocycles. The normalized spacial score (nSPS) is 20.2. The first-order chi connectivity index (χ1) is 15.5. The molecule has 0 saturated carbocycles. The van der Waals surface area contributed by atoms with Crippen molar-refractivity contribution in [3.63, 3.8) is 0 Å². The number of ether oxygens (including phenoxy) is 2. The highest BCUT2D eigenvalue weighted by Gasteiger charge is 2.35. The van der Waals surface area contributed by atoms with Gasteiger partial charge < -0.3 is 20.1 Å². The number of anilines is 2. The minimum atomic E-state index is -4.68. The van der Waals surface area contributed by atoms with Gasteiger partial charge in [0.1, 0.15) is 11.9 Å². The molecule has 4 heterocycles. The van der Waals surface area contributed by atoms with Gasteiger partial charge in [-0.2, -0.15) is 22.5 Å². The van der Waals surface area contributed by atoms with E-state index in [2.05, 4.69) is 15.0 Å². The smallest absolute Gasteiger partial charge is 0.417 e. The number of halogens is 3. The van der Waals surface area contributed by atoms with Gasteiger partial charge in [0.15, 0.2) is 0 Å². The molecule has 2 N–H and O–H groups in total. The van der Waals surface area contributed by atoms with Gasteiger partial charge in [0.05, 0.1) is 37.3 Å². The first-order valence-electron chi connectivity index (χ1n) is 10.2. The number of hydrogen-bond acceptors (Lipinski definition) is 9. The van der Waals surface area contributed by atoms with Crippen molar-refractivity contribution < 1.29 is 31.1 Å². The highest BCUT2D eigenvalue weighted by molar-refractivity contribution is 7.88. The van der Waals surface area contributed by atoms with E-state index in [-0.39, 0.29) is 42.0 Å². The van der Waals surface area contributed by atoms with E-state index >= 15 is 0 Å². The molecule has 10 nitrogen and oxygen atoms in total. The number of alkyl halides is 3. The molecule has 0 aromatic carbocycles. The van der Waals surface area contributed by atoms with Crippen LogP contribution in [0.25, 0.3) is 11.3 Å². The molecule has 180 valence electrons. The predicted octanol–water partition coefficient (Wildman–Crippen LogP) is 1.39. The van der Waals surface area contributed by atoms with Crippen LogP contribution in [-0.2, 0) is 20.9 Å². The van der Waals surface area contributed by atoms with Gasteiger partial charge in [0.25, 0.3) is 0 Å². The monoisotopic (exact) mass is 488 g/mol. The van der Waals surface area contributed by atoms with Crippen molar-refractivity contribution in [2.45, 2.75) is 18.7 Å². The van der Waals surface area contributed by atoms with Crippen molar-refractivity contribution >= 4 is 21.8 Å². The number of nitrogens with two attached hydrogens (primary N) is 1. The Morgan fingerprint density at radius 3 is 2.55 bits per heavy atom. The van der Waals surface area contributed by atoms with Crippen LogP contribution in [0, 0.1) is 0 Å². The second kappa shape index (κ2) is 8.91. The van der Waals surface area contributed by atoms with E-state index in [0.29, 0.717) is 32.7 Å². The minimum Gasteiger partial charge on any atom is -0.473 e. The maximum absolute atomic E-state index is 13.7. The van der Waals surface area contributed by atoms with Crippen molar-refractivity contribution in [3.05, 3.63) is 23.9 Å². The van der Waals surface area contributed by atoms with Crippen LogP contribution in [0.1, 0.15) is 12.0 Å². The number of hydrogen-bond donors (Lipinski definition) is 1. The quantitative estimate of drug-likeness (QED) is 0.665. The molecule has 0 radical (unpaired) electrons. The van der Waals surface area contributed by atoms with Crippen molar-refractivity contribution in [3.8, 4) is 17.1 Å². The Balaban J connectivity index is 1.72. The lowest BCUT2D eigenvalue weighted by molar-refractivity contribution is -0.137. The lowest BCUT2D eigenvalue weighted by Gasteiger charge is -2.27. The first kappa shape index (κ1) is 23.4. The third kappa shape index (κ3) is 5.45. The van der Waals surface area contributed by atoms with Crippen LogP contribution >= 0.6 is 0 Å². The Morgan fingerprint density at radius 2 is 1.91 bits per heavy atom. The fraction of sp³-hybridized carbons (Fsp3) is 0.526. The van der Waals surface area contributed by atoms with Gasteiger partial charge in [-0.1, -0.05) is 0 Å². The summed E-state index contributed by atoms with van der Waals surface area (Å²) in [5.74, 6) is -0.0302. The summed E-state index contributed by atoms with van der Waals surface area (Å²) in [5.41, 5.74) is 4.23. The summed E-state index contributed by atoms with van der Waals surface area (Å²) in [6.45, 7) is 2.18. The molecule has 2 fully saturated rings. The van der Waals surface area contributed by atoms with E-state index in [1.54, 1.807) is 4.90 Å². The summed E-state index contributed by atoms with van der Waals surface area (Å²) >= 11 is 0. The molecule has 2 aromatic rings. The van der Waals surface area contributed by atoms with Crippen LogP contribution in [0.2, 0.25) is 0 Å². The van der Waals surface area contributed by atoms with Gasteiger partial charge in [-0.05, 0) is 12.5 Å². The third-order valence-corrected chi connectivity index (χ3v) is 6.63. The molecule has 2 aliphatic rings. The van der Waals surface area contributed by atoms with Gasteiger partial charge in [-0.25, -0.2) is 18.4 Å². The number of aromatic nitrogens is 3. The number of sulfonamides is 1. The molecule has 2 aromatic heterocycles. The van der Waals surface area contributed by atoms with Crippen LogP contribution in [0.15, 0.2) is 18.3 Å². The second-order valence-corrected chi connectivity index (χ2v) is 9.78. The lowest BCUT2D eigenvalue weighted by Crippen LogP contribution is -2.37. The molecule has 0 amide bonds. The molecule has 14 heteroatoms. The molecule has 0 aliphatic carbocycles. The molecule has 0 bridgehead atoms. The number of rotatable bonds is 5. The Bertz CT molecular complexity index is 1120. The van der Waals surface area contributed by atoms with Gasteiger partial charge in [0.2, 0.25) is 21.9 Å². The molecular formula is C19H23F3N6O4S. The number of nitrogens with zero attached hydrogens (tertiary/aromatic N) is 5. The van der Waals surface area contributed by atoms with E-state index in [4.69, 9.17) is 15.2 Å². The molecule has 2 aliphatic heterocycles. The average molecular weight is 488 g/mol. The van der Waals surface area contributed by atoms with Gasteiger partial charge >= 0.3 is 6.18 Å². The van der Waals surface area contributed by atoms with E-state index in [9.17, 15) is 21.6 Å². The standard InChI is InChI=1S/C19H23F3N6O4S/c1-33(29,30)28-3-2-12(11-28)32-17-9-15(25-18(26-17)27-4-6-31-7-5-27)13-10-24-16(23)8-14(13)19(20,21)22/h8-10,12H,2-7,11H2,1H3,(H2,23,24)/t12-/m0/s1. The molecule has 33 heavy (non-hydrogen) atoms. The molecule has 4 rings (SSSR count). The number of morpholine rings is 1. The Hall–Kier alpha value is -2.71. The predicted molar refractivity (Wildman–Crippen MR) is 113 cm³/mol. The van der Waals surface area contributed by atoms with E-state index in [1.807, 2.05) is 0 Å². The molecule has 0 unspecified atom stereocenters. The average Bonchev–Trinajstić information content (AvgIpc) is 3.22. The largest absolute Gasteiger partial charge is 0.473 e. The maximum atomic E-state index is 13.7. The first-order valence-corrected chi connectivity index (χ1v) is 12.0. The topological polar surface area (TPSA) is 124 Å². The fourth-order valence-electron chi connectivity index (χ4n) is 3.69. The van der Waals surface area contributed by atoms with Gasteiger partial charge in [-0.3, -0.25) is 0 Å². The summed E-state index contributed by atoms with van der Waals surface area (Å²) in [6.07, 6.45) is -2.61. The Labute approximate surface area is 188 Å². The fourth-order valence-corrected chi connectivity index (χ4v) is 4.57. The van der Waals surface area contributed by atoms with Gasteiger partial charge in [0, 0.05) is 37.5 Å². The van der Waals surface area contributed by atoms with Crippen LogP contribution in [0.3, 0.4) is 0 Å². The highest BCUT2D eigenvalue weighted by Crippen LogP contribution is 2.38. The summed E-state index contributed by atoms with van der Waals surface area (Å²) in [5, 5.41) is 0. The van der Waals surface area contributed by atoms with Crippen molar-refractivity contribution in [2.75, 3.05) is 56.3 Å². The molecule has 1 atom stereocenters. The Kier molecular flexibility index (Phi) is 6.33. The van der Waals surface area contributed by atoms with Crippen molar-refractivity contribution in [1.82, 2.24) is 19.3 Å². The second-order valence-electron chi connectivity index (χ2n) is 7.79. The summed E-state index contributed by atoms with van der Waals surface area (Å²) in [7, 11) is -3.38. The van der Waals surface area contributed by atoms with Crippen LogP contribution in [0.5, 0.6) is 5.88 Å². The zero-order chi connectivity index (χ0) is 23.8. The zero-order valence-corrected chi connectivity index (χ0v) is 18.6.